The number of hydrogen-bond donors (Lipinski definition) is 0. The monoisotopic (exact) mass is 649 g/mol. The summed E-state index contributed by atoms with van der Waals surface area (Å²) in [5.74, 6) is 0. The van der Waals surface area contributed by atoms with E-state index in [1.807, 2.05) is 0 Å². The quantitative estimate of drug-likeness (QED) is 0.166. The van der Waals surface area contributed by atoms with Gasteiger partial charge in [-0.05, 0) is 102 Å². The maximum absolute atomic E-state index is 2.38. The molecule has 0 aromatic heterocycles. The molecule has 0 aliphatic heterocycles. The molecule has 0 heterocycles. The van der Waals surface area contributed by atoms with E-state index in [0.717, 1.165) is 17.1 Å². The van der Waals surface area contributed by atoms with Gasteiger partial charge in [0.25, 0.3) is 0 Å². The van der Waals surface area contributed by atoms with Crippen molar-refractivity contribution in [3.05, 3.63) is 212 Å². The van der Waals surface area contributed by atoms with Crippen LogP contribution in [0.4, 0.5) is 17.1 Å². The largest absolute Gasteiger partial charge is 0.310 e. The summed E-state index contributed by atoms with van der Waals surface area (Å²) in [6, 6.07) is 76.6. The molecule has 240 valence electrons. The van der Waals surface area contributed by atoms with Gasteiger partial charge in [0.1, 0.15) is 0 Å². The van der Waals surface area contributed by atoms with E-state index in [-0.39, 0.29) is 0 Å². The standard InChI is InChI=1S/C50H35N/c1-2-12-36(13-3-1)37-26-28-38(29-27-37)39-30-32-44(33-31-39)51(45-20-8-18-42(34-45)49-24-10-16-40-14-4-6-22-47(40)49)46-21-9-19-43(35-46)50-25-11-17-41-15-5-7-23-48(41)50/h1-35H. The third-order valence-electron chi connectivity index (χ3n) is 9.86. The van der Waals surface area contributed by atoms with Gasteiger partial charge in [0, 0.05) is 17.1 Å². The highest BCUT2D eigenvalue weighted by Crippen LogP contribution is 2.41. The first-order chi connectivity index (χ1) is 25.3. The molecule has 0 N–H and O–H groups in total. The topological polar surface area (TPSA) is 3.24 Å². The highest BCUT2D eigenvalue weighted by molar-refractivity contribution is 5.99. The zero-order valence-electron chi connectivity index (χ0n) is 28.2. The average molecular weight is 650 g/mol. The molecule has 0 atom stereocenters. The van der Waals surface area contributed by atoms with Gasteiger partial charge in [0.15, 0.2) is 0 Å². The second kappa shape index (κ2) is 13.3. The van der Waals surface area contributed by atoms with Gasteiger partial charge in [0.2, 0.25) is 0 Å². The third-order valence-corrected chi connectivity index (χ3v) is 9.86. The van der Waals surface area contributed by atoms with Gasteiger partial charge in [-0.15, -0.1) is 0 Å². The molecule has 0 radical (unpaired) electrons. The van der Waals surface area contributed by atoms with Gasteiger partial charge in [-0.3, -0.25) is 0 Å². The van der Waals surface area contributed by atoms with Crippen molar-refractivity contribution in [3.63, 3.8) is 0 Å². The van der Waals surface area contributed by atoms with Crippen molar-refractivity contribution in [1.29, 1.82) is 0 Å². The van der Waals surface area contributed by atoms with E-state index in [1.54, 1.807) is 0 Å². The average Bonchev–Trinajstić information content (AvgIpc) is 3.21. The molecular formula is C50H35N. The number of rotatable bonds is 7. The molecule has 9 aromatic rings. The number of fused-ring (bicyclic) bond motifs is 2. The minimum Gasteiger partial charge on any atom is -0.310 e. The summed E-state index contributed by atoms with van der Waals surface area (Å²) in [5.41, 5.74) is 13.0. The summed E-state index contributed by atoms with van der Waals surface area (Å²) in [6.07, 6.45) is 0. The smallest absolute Gasteiger partial charge is 0.0467 e. The predicted octanol–water partition coefficient (Wildman–Crippen LogP) is 14.1. The van der Waals surface area contributed by atoms with Crippen molar-refractivity contribution >= 4 is 38.6 Å². The lowest BCUT2D eigenvalue weighted by atomic mass is 9.96. The fourth-order valence-corrected chi connectivity index (χ4v) is 7.32. The van der Waals surface area contributed by atoms with Crippen molar-refractivity contribution < 1.29 is 0 Å². The SMILES string of the molecule is c1ccc(-c2ccc(-c3ccc(N(c4cccc(-c5cccc6ccccc56)c4)c4cccc(-c5cccc6ccccc56)c4)cc3)cc2)cc1. The highest BCUT2D eigenvalue weighted by Gasteiger charge is 2.16. The number of anilines is 3. The molecule has 0 bridgehead atoms. The Morgan fingerprint density at radius 3 is 1.12 bits per heavy atom. The molecule has 9 aromatic carbocycles. The Morgan fingerprint density at radius 2 is 0.608 bits per heavy atom. The Bertz CT molecular complexity index is 2490. The van der Waals surface area contributed by atoms with Crippen LogP contribution in [0.25, 0.3) is 66.1 Å². The highest BCUT2D eigenvalue weighted by atomic mass is 15.1. The Morgan fingerprint density at radius 1 is 0.235 bits per heavy atom. The van der Waals surface area contributed by atoms with Crippen LogP contribution in [-0.4, -0.2) is 0 Å². The van der Waals surface area contributed by atoms with Crippen molar-refractivity contribution in [2.45, 2.75) is 0 Å². The van der Waals surface area contributed by atoms with Gasteiger partial charge in [-0.1, -0.05) is 176 Å². The van der Waals surface area contributed by atoms with Crippen molar-refractivity contribution in [3.8, 4) is 44.5 Å². The first-order valence-corrected chi connectivity index (χ1v) is 17.5. The van der Waals surface area contributed by atoms with E-state index < -0.39 is 0 Å². The molecule has 9 rings (SSSR count). The minimum absolute atomic E-state index is 1.10. The summed E-state index contributed by atoms with van der Waals surface area (Å²) in [5, 5.41) is 4.99. The van der Waals surface area contributed by atoms with Crippen LogP contribution >= 0.6 is 0 Å². The van der Waals surface area contributed by atoms with Crippen molar-refractivity contribution in [1.82, 2.24) is 0 Å². The van der Waals surface area contributed by atoms with E-state index in [0.29, 0.717) is 0 Å². The van der Waals surface area contributed by atoms with Crippen LogP contribution in [0.2, 0.25) is 0 Å². The maximum atomic E-state index is 2.38. The first kappa shape index (κ1) is 30.4. The molecule has 1 heteroatoms. The normalized spacial score (nSPS) is 11.1. The summed E-state index contributed by atoms with van der Waals surface area (Å²) in [7, 11) is 0. The van der Waals surface area contributed by atoms with Crippen LogP contribution in [0.15, 0.2) is 212 Å². The zero-order chi connectivity index (χ0) is 34.0. The van der Waals surface area contributed by atoms with E-state index in [2.05, 4.69) is 217 Å². The summed E-state index contributed by atoms with van der Waals surface area (Å²) in [6.45, 7) is 0. The Labute approximate surface area is 299 Å². The third kappa shape index (κ3) is 5.96. The molecule has 1 nitrogen and oxygen atoms in total. The molecule has 51 heavy (non-hydrogen) atoms. The van der Waals surface area contributed by atoms with E-state index in [9.17, 15) is 0 Å². The second-order valence-electron chi connectivity index (χ2n) is 13.0. The van der Waals surface area contributed by atoms with Crippen molar-refractivity contribution in [2.24, 2.45) is 0 Å². The lowest BCUT2D eigenvalue weighted by molar-refractivity contribution is 1.28. The van der Waals surface area contributed by atoms with Gasteiger partial charge < -0.3 is 4.90 Å². The molecular weight excluding hydrogens is 615 g/mol. The number of nitrogens with zero attached hydrogens (tertiary/aromatic N) is 1. The Hall–Kier alpha value is -6.70. The van der Waals surface area contributed by atoms with Crippen LogP contribution < -0.4 is 4.90 Å². The summed E-state index contributed by atoms with van der Waals surface area (Å²) >= 11 is 0. The van der Waals surface area contributed by atoms with E-state index >= 15 is 0 Å². The van der Waals surface area contributed by atoms with Crippen LogP contribution in [-0.2, 0) is 0 Å². The fourth-order valence-electron chi connectivity index (χ4n) is 7.32. The number of hydrogen-bond acceptors (Lipinski definition) is 1. The molecule has 0 amide bonds. The first-order valence-electron chi connectivity index (χ1n) is 17.5. The van der Waals surface area contributed by atoms with Gasteiger partial charge in [-0.25, -0.2) is 0 Å². The van der Waals surface area contributed by atoms with E-state index in [4.69, 9.17) is 0 Å². The molecule has 0 fully saturated rings. The zero-order valence-corrected chi connectivity index (χ0v) is 28.2. The molecule has 0 aliphatic rings. The van der Waals surface area contributed by atoms with Gasteiger partial charge in [-0.2, -0.15) is 0 Å². The molecule has 0 spiro atoms. The predicted molar refractivity (Wildman–Crippen MR) is 218 cm³/mol. The van der Waals surface area contributed by atoms with Crippen LogP contribution in [0.3, 0.4) is 0 Å². The van der Waals surface area contributed by atoms with Crippen LogP contribution in [0.1, 0.15) is 0 Å². The Balaban J connectivity index is 1.15. The van der Waals surface area contributed by atoms with Gasteiger partial charge in [0.05, 0.1) is 0 Å². The van der Waals surface area contributed by atoms with Crippen LogP contribution in [0.5, 0.6) is 0 Å². The van der Waals surface area contributed by atoms with Crippen molar-refractivity contribution in [2.75, 3.05) is 4.90 Å². The Kier molecular flexibility index (Phi) is 7.92. The number of benzene rings is 9. The molecule has 0 saturated heterocycles. The fraction of sp³-hybridized carbons (Fsp3) is 0. The summed E-state index contributed by atoms with van der Waals surface area (Å²) in [4.78, 5) is 2.38. The lowest BCUT2D eigenvalue weighted by Gasteiger charge is -2.27. The van der Waals surface area contributed by atoms with Crippen LogP contribution in [0, 0.1) is 0 Å². The van der Waals surface area contributed by atoms with Gasteiger partial charge >= 0.3 is 0 Å². The maximum Gasteiger partial charge on any atom is 0.0467 e. The molecule has 0 saturated carbocycles. The second-order valence-corrected chi connectivity index (χ2v) is 13.0. The van der Waals surface area contributed by atoms with E-state index in [1.165, 1.54) is 66.1 Å². The molecule has 0 aliphatic carbocycles. The summed E-state index contributed by atoms with van der Waals surface area (Å²) < 4.78 is 0. The lowest BCUT2D eigenvalue weighted by Crippen LogP contribution is -2.10. The molecule has 0 unspecified atom stereocenters. The minimum atomic E-state index is 1.10.